The van der Waals surface area contributed by atoms with E-state index in [-0.39, 0.29) is 5.91 Å². The van der Waals surface area contributed by atoms with Gasteiger partial charge >= 0.3 is 0 Å². The molecule has 7 heteroatoms. The van der Waals surface area contributed by atoms with E-state index in [9.17, 15) is 4.79 Å². The molecule has 0 fully saturated rings. The fourth-order valence-electron chi connectivity index (χ4n) is 2.61. The first-order valence-corrected chi connectivity index (χ1v) is 9.43. The second kappa shape index (κ2) is 6.70. The third-order valence-corrected chi connectivity index (χ3v) is 5.58. The highest BCUT2D eigenvalue weighted by molar-refractivity contribution is 7.15. The lowest BCUT2D eigenvalue weighted by atomic mass is 10.2. The first kappa shape index (κ1) is 15.9. The molecule has 1 aromatic carbocycles. The number of rotatable bonds is 5. The van der Waals surface area contributed by atoms with Gasteiger partial charge in [-0.25, -0.2) is 4.98 Å². The summed E-state index contributed by atoms with van der Waals surface area (Å²) >= 11 is 3.10. The van der Waals surface area contributed by atoms with Crippen molar-refractivity contribution in [3.8, 4) is 16.3 Å². The van der Waals surface area contributed by atoms with E-state index >= 15 is 0 Å². The Hall–Kier alpha value is -2.64. The van der Waals surface area contributed by atoms with E-state index in [0.717, 1.165) is 26.8 Å². The number of ether oxygens (including phenoxy) is 1. The summed E-state index contributed by atoms with van der Waals surface area (Å²) in [4.78, 5) is 19.1. The zero-order valence-electron chi connectivity index (χ0n) is 13.4. The number of thiazole rings is 1. The number of carbonyl (C=O) groups is 1. The molecule has 3 aromatic heterocycles. The number of methoxy groups -OCH3 is 1. The van der Waals surface area contributed by atoms with Gasteiger partial charge in [0.25, 0.3) is 5.91 Å². The molecule has 25 heavy (non-hydrogen) atoms. The minimum Gasteiger partial charge on any atom is -0.496 e. The van der Waals surface area contributed by atoms with Gasteiger partial charge in [0.1, 0.15) is 17.1 Å². The lowest BCUT2D eigenvalue weighted by Crippen LogP contribution is -2.24. The highest BCUT2D eigenvalue weighted by Crippen LogP contribution is 2.27. The van der Waals surface area contributed by atoms with Gasteiger partial charge in [-0.05, 0) is 17.5 Å². The van der Waals surface area contributed by atoms with Crippen molar-refractivity contribution in [1.82, 2.24) is 14.7 Å². The summed E-state index contributed by atoms with van der Waals surface area (Å²) in [5, 5.41) is 6.80. The number of imidazole rings is 1. The van der Waals surface area contributed by atoms with Gasteiger partial charge in [-0.1, -0.05) is 24.3 Å². The van der Waals surface area contributed by atoms with Gasteiger partial charge < -0.3 is 10.1 Å². The maximum Gasteiger partial charge on any atom is 0.269 e. The number of hydrogen-bond acceptors (Lipinski definition) is 5. The second-order valence-electron chi connectivity index (χ2n) is 5.37. The highest BCUT2D eigenvalue weighted by Gasteiger charge is 2.16. The molecular weight excluding hydrogens is 354 g/mol. The SMILES string of the molecule is COc1ccccc1CNC(=O)c1csc2nc(-c3cccs3)cn12. The molecule has 4 aromatic rings. The number of hydrogen-bond donors (Lipinski definition) is 1. The molecule has 0 aliphatic rings. The van der Waals surface area contributed by atoms with Gasteiger partial charge in [0.15, 0.2) is 4.96 Å². The van der Waals surface area contributed by atoms with Crippen LogP contribution in [0.5, 0.6) is 5.75 Å². The van der Waals surface area contributed by atoms with E-state index in [1.54, 1.807) is 18.4 Å². The topological polar surface area (TPSA) is 55.6 Å². The van der Waals surface area contributed by atoms with Crippen LogP contribution in [0.25, 0.3) is 15.5 Å². The second-order valence-corrected chi connectivity index (χ2v) is 7.16. The van der Waals surface area contributed by atoms with Crippen LogP contribution in [0.4, 0.5) is 0 Å². The summed E-state index contributed by atoms with van der Waals surface area (Å²) in [5.74, 6) is 0.633. The van der Waals surface area contributed by atoms with Crippen molar-refractivity contribution in [1.29, 1.82) is 0 Å². The number of nitrogens with zero attached hydrogens (tertiary/aromatic N) is 2. The Morgan fingerprint density at radius 1 is 1.24 bits per heavy atom. The smallest absolute Gasteiger partial charge is 0.269 e. The van der Waals surface area contributed by atoms with Gasteiger partial charge in [-0.2, -0.15) is 0 Å². The quantitative estimate of drug-likeness (QED) is 0.577. The van der Waals surface area contributed by atoms with Crippen molar-refractivity contribution in [3.05, 3.63) is 64.6 Å². The Morgan fingerprint density at radius 2 is 2.12 bits per heavy atom. The molecule has 0 aliphatic carbocycles. The zero-order valence-corrected chi connectivity index (χ0v) is 15.1. The number of amides is 1. The van der Waals surface area contributed by atoms with Gasteiger partial charge in [0, 0.05) is 23.7 Å². The number of thiophene rings is 1. The average molecular weight is 369 g/mol. The summed E-state index contributed by atoms with van der Waals surface area (Å²) in [7, 11) is 1.63. The third kappa shape index (κ3) is 3.04. The number of benzene rings is 1. The molecule has 5 nitrogen and oxygen atoms in total. The molecule has 3 heterocycles. The van der Waals surface area contributed by atoms with Crippen LogP contribution in [0.2, 0.25) is 0 Å². The number of nitrogens with one attached hydrogen (secondary N) is 1. The monoisotopic (exact) mass is 369 g/mol. The number of para-hydroxylation sites is 1. The van der Waals surface area contributed by atoms with E-state index in [2.05, 4.69) is 10.3 Å². The average Bonchev–Trinajstić information content (AvgIpc) is 3.35. The van der Waals surface area contributed by atoms with E-state index in [1.165, 1.54) is 11.3 Å². The molecule has 1 N–H and O–H groups in total. The lowest BCUT2D eigenvalue weighted by Gasteiger charge is -2.09. The Kier molecular flexibility index (Phi) is 4.25. The molecule has 0 unspecified atom stereocenters. The molecule has 0 spiro atoms. The minimum atomic E-state index is -0.132. The van der Waals surface area contributed by atoms with E-state index in [0.29, 0.717) is 12.2 Å². The zero-order chi connectivity index (χ0) is 17.2. The fourth-order valence-corrected chi connectivity index (χ4v) is 4.14. The summed E-state index contributed by atoms with van der Waals surface area (Å²) in [6, 6.07) is 11.7. The predicted octanol–water partition coefficient (Wildman–Crippen LogP) is 4.06. The molecule has 0 aliphatic heterocycles. The molecule has 0 atom stereocenters. The molecule has 1 amide bonds. The maximum absolute atomic E-state index is 12.6. The summed E-state index contributed by atoms with van der Waals surface area (Å²) in [6.45, 7) is 0.409. The highest BCUT2D eigenvalue weighted by atomic mass is 32.1. The summed E-state index contributed by atoms with van der Waals surface area (Å²) in [5.41, 5.74) is 2.42. The van der Waals surface area contributed by atoms with Crippen molar-refractivity contribution in [2.24, 2.45) is 0 Å². The van der Waals surface area contributed by atoms with E-state index < -0.39 is 0 Å². The van der Waals surface area contributed by atoms with Crippen molar-refractivity contribution in [2.75, 3.05) is 7.11 Å². The van der Waals surface area contributed by atoms with Crippen molar-refractivity contribution >= 4 is 33.5 Å². The largest absolute Gasteiger partial charge is 0.496 e. The number of fused-ring (bicyclic) bond motifs is 1. The molecule has 0 radical (unpaired) electrons. The van der Waals surface area contributed by atoms with Crippen molar-refractivity contribution < 1.29 is 9.53 Å². The molecule has 0 saturated carbocycles. The predicted molar refractivity (Wildman–Crippen MR) is 101 cm³/mol. The normalized spacial score (nSPS) is 10.9. The first-order valence-electron chi connectivity index (χ1n) is 7.67. The van der Waals surface area contributed by atoms with Crippen molar-refractivity contribution in [2.45, 2.75) is 6.54 Å². The van der Waals surface area contributed by atoms with Crippen LogP contribution < -0.4 is 10.1 Å². The molecule has 0 bridgehead atoms. The third-order valence-electron chi connectivity index (χ3n) is 3.85. The van der Waals surface area contributed by atoms with Crippen molar-refractivity contribution in [3.63, 3.8) is 0 Å². The maximum atomic E-state index is 12.6. The van der Waals surface area contributed by atoms with Gasteiger partial charge in [-0.15, -0.1) is 22.7 Å². The van der Waals surface area contributed by atoms with Crippen LogP contribution in [0.15, 0.2) is 53.4 Å². The van der Waals surface area contributed by atoms with Gasteiger partial charge in [0.2, 0.25) is 0 Å². The Morgan fingerprint density at radius 3 is 2.92 bits per heavy atom. The minimum absolute atomic E-state index is 0.132. The number of aromatic nitrogens is 2. The molecule has 4 rings (SSSR count). The van der Waals surface area contributed by atoms with Crippen LogP contribution in [0.1, 0.15) is 16.1 Å². The standard InChI is InChI=1S/C18H15N3O2S2/c1-23-15-6-3-2-5-12(15)9-19-17(22)14-11-25-18-20-13(10-21(14)18)16-7-4-8-24-16/h2-8,10-11H,9H2,1H3,(H,19,22). The summed E-state index contributed by atoms with van der Waals surface area (Å²) < 4.78 is 7.16. The Bertz CT molecular complexity index is 1020. The van der Waals surface area contributed by atoms with Crippen LogP contribution in [0, 0.1) is 0 Å². The molecular formula is C18H15N3O2S2. The summed E-state index contributed by atoms with van der Waals surface area (Å²) in [6.07, 6.45) is 1.91. The first-order chi connectivity index (χ1) is 12.3. The lowest BCUT2D eigenvalue weighted by molar-refractivity contribution is 0.0945. The molecule has 0 saturated heterocycles. The fraction of sp³-hybridized carbons (Fsp3) is 0.111. The van der Waals surface area contributed by atoms with Crippen LogP contribution in [-0.4, -0.2) is 22.4 Å². The van der Waals surface area contributed by atoms with Crippen LogP contribution in [0.3, 0.4) is 0 Å². The van der Waals surface area contributed by atoms with Crippen LogP contribution in [-0.2, 0) is 6.54 Å². The van der Waals surface area contributed by atoms with Gasteiger partial charge in [-0.3, -0.25) is 9.20 Å². The molecule has 126 valence electrons. The Balaban J connectivity index is 1.56. The van der Waals surface area contributed by atoms with Gasteiger partial charge in [0.05, 0.1) is 12.0 Å². The Labute approximate surface area is 152 Å². The number of carbonyl (C=O) groups excluding carboxylic acids is 1. The van der Waals surface area contributed by atoms with E-state index in [4.69, 9.17) is 4.74 Å². The van der Waals surface area contributed by atoms with E-state index in [1.807, 2.05) is 57.8 Å². The van der Waals surface area contributed by atoms with Crippen LogP contribution >= 0.6 is 22.7 Å².